The Morgan fingerprint density at radius 1 is 1.31 bits per heavy atom. The molecule has 1 aliphatic rings. The Morgan fingerprint density at radius 3 is 2.71 bits per heavy atom. The van der Waals surface area contributed by atoms with Crippen LogP contribution in [0, 0.1) is 22.7 Å². The van der Waals surface area contributed by atoms with Crippen molar-refractivity contribution >= 4 is 34.0 Å². The molecule has 2 heterocycles. The molecule has 35 heavy (non-hydrogen) atoms. The van der Waals surface area contributed by atoms with Gasteiger partial charge in [-0.25, -0.2) is 0 Å². The van der Waals surface area contributed by atoms with Crippen molar-refractivity contribution < 1.29 is 9.53 Å². The van der Waals surface area contributed by atoms with Crippen LogP contribution in [-0.2, 0) is 31.1 Å². The first-order valence-corrected chi connectivity index (χ1v) is 13.5. The molecule has 184 valence electrons. The number of rotatable bonds is 7. The zero-order valence-electron chi connectivity index (χ0n) is 20.8. The first kappa shape index (κ1) is 25.3. The number of carbonyl (C=O) groups is 1. The molecule has 1 aliphatic carbocycles. The van der Waals surface area contributed by atoms with E-state index >= 15 is 0 Å². The fourth-order valence-corrected chi connectivity index (χ4v) is 6.40. The van der Waals surface area contributed by atoms with E-state index < -0.39 is 0 Å². The van der Waals surface area contributed by atoms with Crippen LogP contribution in [0.15, 0.2) is 29.4 Å². The molecule has 1 amide bonds. The van der Waals surface area contributed by atoms with Crippen molar-refractivity contribution in [2.75, 3.05) is 18.2 Å². The molecule has 2 aromatic heterocycles. The number of nitrogens with one attached hydrogen (secondary N) is 1. The fourth-order valence-electron chi connectivity index (χ4n) is 4.37. The number of hydrogen-bond donors (Lipinski definition) is 1. The number of ether oxygens (including phenoxy) is 1. The summed E-state index contributed by atoms with van der Waals surface area (Å²) in [6.45, 7) is 6.82. The van der Waals surface area contributed by atoms with Gasteiger partial charge >= 0.3 is 0 Å². The number of fused-ring (bicyclic) bond motifs is 1. The van der Waals surface area contributed by atoms with Crippen LogP contribution in [0.25, 0.3) is 0 Å². The number of hydrogen-bond acceptors (Lipinski definition) is 7. The molecule has 1 aromatic carbocycles. The quantitative estimate of drug-likeness (QED) is 0.439. The molecule has 4 rings (SSSR count). The minimum absolute atomic E-state index is 0.142. The predicted molar refractivity (Wildman–Crippen MR) is 140 cm³/mol. The van der Waals surface area contributed by atoms with E-state index in [2.05, 4.69) is 42.4 Å². The summed E-state index contributed by atoms with van der Waals surface area (Å²) in [5.41, 5.74) is 3.10. The van der Waals surface area contributed by atoms with Crippen molar-refractivity contribution in [1.82, 2.24) is 14.8 Å². The number of nitrogens with zero attached hydrogens (tertiary/aromatic N) is 4. The smallest absolute Gasteiger partial charge is 0.235 e. The Hall–Kier alpha value is -2.83. The van der Waals surface area contributed by atoms with Gasteiger partial charge in [-0.05, 0) is 53.9 Å². The van der Waals surface area contributed by atoms with Gasteiger partial charge in [0.2, 0.25) is 5.91 Å². The van der Waals surface area contributed by atoms with Crippen molar-refractivity contribution in [3.8, 4) is 11.8 Å². The molecule has 0 unspecified atom stereocenters. The van der Waals surface area contributed by atoms with E-state index in [0.29, 0.717) is 28.1 Å². The topological polar surface area (TPSA) is 92.8 Å². The Bertz CT molecular complexity index is 1250. The highest BCUT2D eigenvalue weighted by molar-refractivity contribution is 7.99. The standard InChI is InChI=1S/C26H31N5O2S2/c1-26(2,3)17-8-11-19-20(14-27)24(35-21(19)13-17)28-23(32)15-34-25-30-29-22(31(25)4)12-16-6-9-18(33-5)10-7-16/h6-7,9-10,17H,8,11-13,15H2,1-5H3,(H,28,32)/t17-/m1/s1. The lowest BCUT2D eigenvalue weighted by Crippen LogP contribution is -2.26. The number of thiophene rings is 1. The molecule has 0 bridgehead atoms. The van der Waals surface area contributed by atoms with Gasteiger partial charge in [-0.15, -0.1) is 21.5 Å². The summed E-state index contributed by atoms with van der Waals surface area (Å²) in [6, 6.07) is 10.2. The first-order chi connectivity index (χ1) is 16.7. The van der Waals surface area contributed by atoms with Crippen molar-refractivity contribution in [2.24, 2.45) is 18.4 Å². The Labute approximate surface area is 214 Å². The van der Waals surface area contributed by atoms with Crippen LogP contribution in [-0.4, -0.2) is 33.5 Å². The number of anilines is 1. The maximum atomic E-state index is 12.8. The summed E-state index contributed by atoms with van der Waals surface area (Å²) < 4.78 is 7.12. The molecule has 0 saturated carbocycles. The van der Waals surface area contributed by atoms with E-state index in [-0.39, 0.29) is 17.1 Å². The van der Waals surface area contributed by atoms with Crippen LogP contribution in [0.2, 0.25) is 0 Å². The second-order valence-electron chi connectivity index (χ2n) is 9.94. The summed E-state index contributed by atoms with van der Waals surface area (Å²) in [5, 5.41) is 22.7. The number of thioether (sulfide) groups is 1. The lowest BCUT2D eigenvalue weighted by Gasteiger charge is -2.33. The van der Waals surface area contributed by atoms with Crippen LogP contribution >= 0.6 is 23.1 Å². The number of aromatic nitrogens is 3. The highest BCUT2D eigenvalue weighted by atomic mass is 32.2. The SMILES string of the molecule is COc1ccc(Cc2nnc(SCC(=O)Nc3sc4c(c3C#N)CC[C@@H](C(C)(C)C)C4)n2C)cc1. The lowest BCUT2D eigenvalue weighted by molar-refractivity contribution is -0.113. The maximum absolute atomic E-state index is 12.8. The second kappa shape index (κ2) is 10.4. The van der Waals surface area contributed by atoms with Gasteiger partial charge in [-0.1, -0.05) is 44.7 Å². The molecular weight excluding hydrogens is 478 g/mol. The molecule has 9 heteroatoms. The van der Waals surface area contributed by atoms with Gasteiger partial charge in [-0.3, -0.25) is 4.79 Å². The van der Waals surface area contributed by atoms with Gasteiger partial charge in [0, 0.05) is 18.3 Å². The number of nitriles is 1. The molecule has 0 spiro atoms. The molecular formula is C26H31N5O2S2. The van der Waals surface area contributed by atoms with Crippen LogP contribution in [0.3, 0.4) is 0 Å². The maximum Gasteiger partial charge on any atom is 0.235 e. The molecule has 1 atom stereocenters. The number of amides is 1. The average Bonchev–Trinajstić information content (AvgIpc) is 3.36. The number of benzene rings is 1. The third-order valence-corrected chi connectivity index (χ3v) is 8.82. The zero-order valence-corrected chi connectivity index (χ0v) is 22.5. The highest BCUT2D eigenvalue weighted by Crippen LogP contribution is 2.44. The summed E-state index contributed by atoms with van der Waals surface area (Å²) in [5.74, 6) is 2.28. The zero-order chi connectivity index (χ0) is 25.2. The lowest BCUT2D eigenvalue weighted by atomic mass is 9.72. The summed E-state index contributed by atoms with van der Waals surface area (Å²) in [6.07, 6.45) is 3.59. The van der Waals surface area contributed by atoms with E-state index in [1.165, 1.54) is 16.6 Å². The fraction of sp³-hybridized carbons (Fsp3) is 0.462. The Morgan fingerprint density at radius 2 is 2.06 bits per heavy atom. The average molecular weight is 510 g/mol. The molecule has 3 aromatic rings. The molecule has 0 fully saturated rings. The van der Waals surface area contributed by atoms with E-state index in [1.807, 2.05) is 35.9 Å². The van der Waals surface area contributed by atoms with E-state index in [1.54, 1.807) is 18.4 Å². The molecule has 7 nitrogen and oxygen atoms in total. The summed E-state index contributed by atoms with van der Waals surface area (Å²) in [4.78, 5) is 14.0. The molecule has 0 radical (unpaired) electrons. The highest BCUT2D eigenvalue weighted by Gasteiger charge is 2.32. The van der Waals surface area contributed by atoms with E-state index in [4.69, 9.17) is 4.74 Å². The van der Waals surface area contributed by atoms with Gasteiger partial charge in [-0.2, -0.15) is 5.26 Å². The van der Waals surface area contributed by atoms with Crippen LogP contribution < -0.4 is 10.1 Å². The number of methoxy groups -OCH3 is 1. The van der Waals surface area contributed by atoms with Gasteiger partial charge in [0.25, 0.3) is 0 Å². The third-order valence-electron chi connectivity index (χ3n) is 6.63. The molecule has 1 N–H and O–H groups in total. The minimum atomic E-state index is -0.142. The normalized spacial score (nSPS) is 15.4. The predicted octanol–water partition coefficient (Wildman–Crippen LogP) is 5.23. The third kappa shape index (κ3) is 5.71. The van der Waals surface area contributed by atoms with Crippen molar-refractivity contribution in [1.29, 1.82) is 5.26 Å². The monoisotopic (exact) mass is 509 g/mol. The van der Waals surface area contributed by atoms with Crippen LogP contribution in [0.4, 0.5) is 5.00 Å². The van der Waals surface area contributed by atoms with Crippen molar-refractivity contribution in [2.45, 2.75) is 51.6 Å². The van der Waals surface area contributed by atoms with Crippen LogP contribution in [0.1, 0.15) is 54.6 Å². The number of carbonyl (C=O) groups excluding carboxylic acids is 1. The second-order valence-corrected chi connectivity index (χ2v) is 12.0. The van der Waals surface area contributed by atoms with Crippen molar-refractivity contribution in [3.05, 3.63) is 51.7 Å². The van der Waals surface area contributed by atoms with Gasteiger partial charge in [0.15, 0.2) is 5.16 Å². The Balaban J connectivity index is 1.38. The molecule has 0 aliphatic heterocycles. The van der Waals surface area contributed by atoms with E-state index in [9.17, 15) is 10.1 Å². The minimum Gasteiger partial charge on any atom is -0.497 e. The Kier molecular flexibility index (Phi) is 7.53. The molecule has 0 saturated heterocycles. The summed E-state index contributed by atoms with van der Waals surface area (Å²) >= 11 is 2.90. The van der Waals surface area contributed by atoms with Crippen molar-refractivity contribution in [3.63, 3.8) is 0 Å². The van der Waals surface area contributed by atoms with Gasteiger partial charge in [0.05, 0.1) is 18.4 Å². The first-order valence-electron chi connectivity index (χ1n) is 11.7. The van der Waals surface area contributed by atoms with Gasteiger partial charge in [0.1, 0.15) is 22.6 Å². The summed E-state index contributed by atoms with van der Waals surface area (Å²) in [7, 11) is 3.55. The largest absolute Gasteiger partial charge is 0.497 e. The van der Waals surface area contributed by atoms with Gasteiger partial charge < -0.3 is 14.6 Å². The van der Waals surface area contributed by atoms with Crippen LogP contribution in [0.5, 0.6) is 5.75 Å². The van der Waals surface area contributed by atoms with E-state index in [0.717, 1.165) is 42.0 Å².